The van der Waals surface area contributed by atoms with Gasteiger partial charge in [0, 0.05) is 77.0 Å². The van der Waals surface area contributed by atoms with Gasteiger partial charge in [0.1, 0.15) is 33.5 Å². The van der Waals surface area contributed by atoms with Gasteiger partial charge < -0.3 is 27.5 Å². The number of fused-ring (bicyclic) bond motifs is 14. The zero-order chi connectivity index (χ0) is 51.2. The molecule has 0 saturated carbocycles. The van der Waals surface area contributed by atoms with Gasteiger partial charge >= 0.3 is 0 Å². The van der Waals surface area contributed by atoms with Crippen LogP contribution in [0.2, 0.25) is 0 Å². The summed E-state index contributed by atoms with van der Waals surface area (Å²) in [5.41, 5.74) is 14.7. The fraction of sp³-hybridized carbons (Fsp3) is 0.114. The van der Waals surface area contributed by atoms with Crippen LogP contribution in [0.1, 0.15) is 52.7 Å². The monoisotopic (exact) mass is 984 g/mol. The first-order valence-electron chi connectivity index (χ1n) is 26.2. The summed E-state index contributed by atoms with van der Waals surface area (Å²) in [5.74, 6) is 0. The minimum absolute atomic E-state index is 0.315. The maximum atomic E-state index is 7.32. The van der Waals surface area contributed by atoms with Crippen LogP contribution >= 0.6 is 0 Å². The first-order valence-corrected chi connectivity index (χ1v) is 26.2. The van der Waals surface area contributed by atoms with Crippen molar-refractivity contribution in [1.82, 2.24) is 0 Å². The number of benzene rings is 11. The predicted molar refractivity (Wildman–Crippen MR) is 317 cm³/mol. The van der Waals surface area contributed by atoms with E-state index in [1.54, 1.807) is 0 Å². The molecule has 0 amide bonds. The molecule has 0 atom stereocenters. The number of nitrogens with zero attached hydrogens (tertiary/aromatic N) is 2. The molecule has 0 unspecified atom stereocenters. The van der Waals surface area contributed by atoms with E-state index in [1.807, 2.05) is 24.3 Å². The molecule has 0 bridgehead atoms. The van der Waals surface area contributed by atoms with Gasteiger partial charge in [0.25, 0.3) is 0 Å². The van der Waals surface area contributed by atoms with Crippen LogP contribution in [0, 0.1) is 0 Å². The fourth-order valence-corrected chi connectivity index (χ4v) is 12.3. The molecule has 0 aliphatic carbocycles. The van der Waals surface area contributed by atoms with Crippen molar-refractivity contribution in [1.29, 1.82) is 0 Å². The molecule has 0 aliphatic heterocycles. The molecule has 6 nitrogen and oxygen atoms in total. The van der Waals surface area contributed by atoms with Crippen LogP contribution < -0.4 is 9.80 Å². The molecule has 15 rings (SSSR count). The molecule has 0 N–H and O–H groups in total. The Balaban J connectivity index is 0.921. The summed E-state index contributed by atoms with van der Waals surface area (Å²) in [7, 11) is 0. The lowest BCUT2D eigenvalue weighted by molar-refractivity contribution is 0.564. The number of anilines is 6. The largest absolute Gasteiger partial charge is 0.456 e. The van der Waals surface area contributed by atoms with Crippen molar-refractivity contribution >= 4 is 143 Å². The second kappa shape index (κ2) is 16.1. The quantitative estimate of drug-likeness (QED) is 0.165. The SMILES string of the molecule is CC(C)(C)c1c2oc3cc4cc(N(c5ccccc5)c5cccc6c5oc5ccccc56)ccc4cc3c2c(C(C)(C)C)c2oc3cc4cc(N(c5ccccc5)c5cccc6c5oc5ccccc56)ccc4cc3c12. The Bertz CT molecular complexity index is 4540. The number of furan rings is 4. The van der Waals surface area contributed by atoms with Gasteiger partial charge in [-0.1, -0.05) is 151 Å². The van der Waals surface area contributed by atoms with Crippen LogP contribution in [0.5, 0.6) is 0 Å². The molecule has 6 heteroatoms. The normalized spacial score (nSPS) is 12.6. The molecule has 4 aromatic heterocycles. The zero-order valence-electron chi connectivity index (χ0n) is 43.2. The van der Waals surface area contributed by atoms with Crippen LogP contribution in [0.15, 0.2) is 224 Å². The van der Waals surface area contributed by atoms with Crippen molar-refractivity contribution in [2.45, 2.75) is 52.4 Å². The van der Waals surface area contributed by atoms with Gasteiger partial charge in [-0.15, -0.1) is 0 Å². The van der Waals surface area contributed by atoms with Crippen molar-refractivity contribution in [3.8, 4) is 0 Å². The molecule has 11 aromatic carbocycles. The topological polar surface area (TPSA) is 59.0 Å². The van der Waals surface area contributed by atoms with E-state index in [2.05, 4.69) is 233 Å². The highest BCUT2D eigenvalue weighted by Gasteiger charge is 2.35. The van der Waals surface area contributed by atoms with Gasteiger partial charge in [0.2, 0.25) is 0 Å². The van der Waals surface area contributed by atoms with Gasteiger partial charge in [-0.05, 0) is 129 Å². The molecule has 0 fully saturated rings. The van der Waals surface area contributed by atoms with Crippen LogP contribution in [0.3, 0.4) is 0 Å². The lowest BCUT2D eigenvalue weighted by Crippen LogP contribution is -2.16. The third-order valence-corrected chi connectivity index (χ3v) is 15.5. The summed E-state index contributed by atoms with van der Waals surface area (Å²) in [6, 6.07) is 73.1. The van der Waals surface area contributed by atoms with E-state index in [1.165, 1.54) is 0 Å². The van der Waals surface area contributed by atoms with Crippen molar-refractivity contribution in [3.05, 3.63) is 217 Å². The number of para-hydroxylation sites is 6. The van der Waals surface area contributed by atoms with Crippen molar-refractivity contribution < 1.29 is 17.7 Å². The lowest BCUT2D eigenvalue weighted by atomic mass is 9.77. The molecule has 76 heavy (non-hydrogen) atoms. The number of hydrogen-bond acceptors (Lipinski definition) is 6. The summed E-state index contributed by atoms with van der Waals surface area (Å²) < 4.78 is 27.9. The Labute approximate surface area is 438 Å². The van der Waals surface area contributed by atoms with E-state index >= 15 is 0 Å². The maximum absolute atomic E-state index is 7.32. The summed E-state index contributed by atoms with van der Waals surface area (Å²) in [6.07, 6.45) is 0. The van der Waals surface area contributed by atoms with Crippen molar-refractivity contribution in [2.75, 3.05) is 9.80 Å². The molecule has 0 spiro atoms. The number of hydrogen-bond donors (Lipinski definition) is 0. The second-order valence-electron chi connectivity index (χ2n) is 22.5. The van der Waals surface area contributed by atoms with E-state index < -0.39 is 0 Å². The molecule has 0 radical (unpaired) electrons. The highest BCUT2D eigenvalue weighted by atomic mass is 16.3. The van der Waals surface area contributed by atoms with E-state index in [0.29, 0.717) is 0 Å². The van der Waals surface area contributed by atoms with Gasteiger partial charge in [-0.3, -0.25) is 0 Å². The first kappa shape index (κ1) is 44.2. The third kappa shape index (κ3) is 6.66. The summed E-state index contributed by atoms with van der Waals surface area (Å²) in [4.78, 5) is 4.60. The van der Waals surface area contributed by atoms with Crippen LogP contribution in [0.25, 0.3) is 109 Å². The molecule has 366 valence electrons. The average molecular weight is 985 g/mol. The first-order chi connectivity index (χ1) is 36.9. The van der Waals surface area contributed by atoms with Crippen molar-refractivity contribution in [2.24, 2.45) is 0 Å². The average Bonchev–Trinajstić information content (AvgIpc) is 4.20. The Hall–Kier alpha value is -9.26. The van der Waals surface area contributed by atoms with Gasteiger partial charge in [0.05, 0.1) is 11.4 Å². The smallest absolute Gasteiger partial charge is 0.159 e. The lowest BCUT2D eigenvalue weighted by Gasteiger charge is -2.26. The van der Waals surface area contributed by atoms with Crippen LogP contribution in [0.4, 0.5) is 34.1 Å². The Morgan fingerprint density at radius 3 is 1.08 bits per heavy atom. The molecule has 0 saturated heterocycles. The van der Waals surface area contributed by atoms with E-state index in [-0.39, 0.29) is 10.8 Å². The zero-order valence-corrected chi connectivity index (χ0v) is 43.2. The molecular weight excluding hydrogens is 933 g/mol. The molecule has 4 heterocycles. The summed E-state index contributed by atoms with van der Waals surface area (Å²) >= 11 is 0. The Morgan fingerprint density at radius 2 is 0.658 bits per heavy atom. The standard InChI is InChI=1S/C70H52N2O4/c1-69(2,3)63-61-53-37-41-31-33-47(71(45-19-9-7-10-20-45)55-27-17-25-51-49-23-13-15-29-57(49)73-65(51)55)35-43(41)39-59(53)76-68(61)64(70(4,5)6)62-54-38-42-32-34-48(36-44(42)40-60(54)75-67(62)63)72(46-21-11-8-12-22-46)56-28-18-26-52-50-24-14-16-30-58(50)74-66(52)56/h7-40H,1-6H3. The van der Waals surface area contributed by atoms with Crippen molar-refractivity contribution in [3.63, 3.8) is 0 Å². The molecular formula is C70H52N2O4. The Morgan fingerprint density at radius 1 is 0.276 bits per heavy atom. The van der Waals surface area contributed by atoms with Gasteiger partial charge in [-0.2, -0.15) is 0 Å². The molecule has 15 aromatic rings. The highest BCUT2D eigenvalue weighted by Crippen LogP contribution is 2.52. The van der Waals surface area contributed by atoms with Gasteiger partial charge in [-0.25, -0.2) is 0 Å². The van der Waals surface area contributed by atoms with Gasteiger partial charge in [0.15, 0.2) is 11.2 Å². The van der Waals surface area contributed by atoms with E-state index in [9.17, 15) is 0 Å². The molecule has 0 aliphatic rings. The number of rotatable bonds is 6. The van der Waals surface area contributed by atoms with Crippen LogP contribution in [-0.2, 0) is 10.8 Å². The minimum atomic E-state index is -0.315. The van der Waals surface area contributed by atoms with E-state index in [4.69, 9.17) is 17.7 Å². The fourth-order valence-electron chi connectivity index (χ4n) is 12.3. The second-order valence-corrected chi connectivity index (χ2v) is 22.5. The maximum Gasteiger partial charge on any atom is 0.159 e. The minimum Gasteiger partial charge on any atom is -0.456 e. The summed E-state index contributed by atoms with van der Waals surface area (Å²) in [5, 5.41) is 13.2. The predicted octanol–water partition coefficient (Wildman–Crippen LogP) is 21.1. The van der Waals surface area contributed by atoms with Crippen LogP contribution in [-0.4, -0.2) is 0 Å². The Kier molecular flexibility index (Phi) is 9.38. The summed E-state index contributed by atoms with van der Waals surface area (Å²) in [6.45, 7) is 13.8. The van der Waals surface area contributed by atoms with E-state index in [0.717, 1.165) is 155 Å². The highest BCUT2D eigenvalue weighted by molar-refractivity contribution is 6.23. The third-order valence-electron chi connectivity index (χ3n) is 15.5.